The highest BCUT2D eigenvalue weighted by Gasteiger charge is 2.61. The van der Waals surface area contributed by atoms with Crippen molar-refractivity contribution < 1.29 is 10.2 Å². The van der Waals surface area contributed by atoms with Crippen LogP contribution in [0.5, 0.6) is 0 Å². The third kappa shape index (κ3) is 4.05. The van der Waals surface area contributed by atoms with Crippen molar-refractivity contribution in [1.29, 1.82) is 0 Å². The summed E-state index contributed by atoms with van der Waals surface area (Å²) >= 11 is 0. The maximum absolute atomic E-state index is 11.0. The maximum atomic E-state index is 11.0. The summed E-state index contributed by atoms with van der Waals surface area (Å²) in [4.78, 5) is 0. The third-order valence-corrected chi connectivity index (χ3v) is 11.8. The second kappa shape index (κ2) is 8.61. The molecule has 4 fully saturated rings. The zero-order chi connectivity index (χ0) is 22.6. The molecule has 0 spiro atoms. The molecule has 4 aliphatic rings. The molecule has 31 heavy (non-hydrogen) atoms. The van der Waals surface area contributed by atoms with Crippen molar-refractivity contribution >= 4 is 0 Å². The zero-order valence-corrected chi connectivity index (χ0v) is 21.5. The number of aliphatic hydroxyl groups excluding tert-OH is 1. The Kier molecular flexibility index (Phi) is 6.68. The van der Waals surface area contributed by atoms with Gasteiger partial charge < -0.3 is 10.2 Å². The molecule has 4 rings (SSSR count). The van der Waals surface area contributed by atoms with Crippen LogP contribution in [-0.2, 0) is 0 Å². The Morgan fingerprint density at radius 3 is 2.23 bits per heavy atom. The van der Waals surface area contributed by atoms with Crippen molar-refractivity contribution in [2.75, 3.05) is 0 Å². The molecule has 2 nitrogen and oxygen atoms in total. The minimum atomic E-state index is -0.389. The SMILES string of the molecule is CC[C@]1(O)CC[C@@]2(C)[C@@H](CC[C@@H]3[C@@H]2CC[C@]2(C)[C@@H](C(C)C(O)CCC(C)C)CC[C@@H]32)C1. The van der Waals surface area contributed by atoms with Gasteiger partial charge in [-0.05, 0) is 129 Å². The molecule has 0 saturated heterocycles. The molecule has 2 heteroatoms. The lowest BCUT2D eigenvalue weighted by Gasteiger charge is -2.62. The van der Waals surface area contributed by atoms with Crippen LogP contribution < -0.4 is 0 Å². The number of aliphatic hydroxyl groups is 2. The normalized spacial score (nSPS) is 49.3. The first-order valence-electron chi connectivity index (χ1n) is 13.9. The Labute approximate surface area is 193 Å². The molecule has 10 atom stereocenters. The van der Waals surface area contributed by atoms with Crippen LogP contribution >= 0.6 is 0 Å². The molecule has 0 aromatic rings. The molecular weight excluding hydrogens is 380 g/mol. The van der Waals surface area contributed by atoms with Crippen LogP contribution in [0.25, 0.3) is 0 Å². The summed E-state index contributed by atoms with van der Waals surface area (Å²) in [7, 11) is 0. The summed E-state index contributed by atoms with van der Waals surface area (Å²) in [6, 6.07) is 0. The monoisotopic (exact) mass is 432 g/mol. The first-order chi connectivity index (χ1) is 14.5. The highest BCUT2D eigenvalue weighted by atomic mass is 16.3. The molecule has 0 aromatic carbocycles. The van der Waals surface area contributed by atoms with E-state index >= 15 is 0 Å². The molecule has 0 aliphatic heterocycles. The maximum Gasteiger partial charge on any atom is 0.0648 e. The Morgan fingerprint density at radius 2 is 1.55 bits per heavy atom. The van der Waals surface area contributed by atoms with E-state index in [1.807, 2.05) is 0 Å². The first-order valence-corrected chi connectivity index (χ1v) is 13.9. The van der Waals surface area contributed by atoms with Gasteiger partial charge in [-0.2, -0.15) is 0 Å². The summed E-state index contributed by atoms with van der Waals surface area (Å²) in [6.07, 6.45) is 14.4. The van der Waals surface area contributed by atoms with Crippen molar-refractivity contribution in [2.45, 2.75) is 130 Å². The summed E-state index contributed by atoms with van der Waals surface area (Å²) in [5.41, 5.74) is 0.494. The molecule has 2 unspecified atom stereocenters. The van der Waals surface area contributed by atoms with Gasteiger partial charge in [0, 0.05) is 0 Å². The third-order valence-electron chi connectivity index (χ3n) is 11.8. The number of rotatable bonds is 6. The second-order valence-corrected chi connectivity index (χ2v) is 13.6. The molecular formula is C29H52O2. The fourth-order valence-electron chi connectivity index (χ4n) is 9.58. The largest absolute Gasteiger partial charge is 0.393 e. The van der Waals surface area contributed by atoms with Gasteiger partial charge >= 0.3 is 0 Å². The molecule has 4 saturated carbocycles. The lowest BCUT2D eigenvalue weighted by molar-refractivity contribution is -0.154. The molecule has 0 heterocycles. The van der Waals surface area contributed by atoms with E-state index < -0.39 is 0 Å². The first kappa shape index (κ1) is 24.1. The molecule has 0 aromatic heterocycles. The lowest BCUT2D eigenvalue weighted by atomic mass is 9.43. The smallest absolute Gasteiger partial charge is 0.0648 e. The highest BCUT2D eigenvalue weighted by molar-refractivity contribution is 5.11. The van der Waals surface area contributed by atoms with Crippen molar-refractivity contribution in [3.8, 4) is 0 Å². The fourth-order valence-corrected chi connectivity index (χ4v) is 9.58. The van der Waals surface area contributed by atoms with E-state index in [4.69, 9.17) is 0 Å². The van der Waals surface area contributed by atoms with E-state index in [0.29, 0.717) is 28.6 Å². The van der Waals surface area contributed by atoms with Gasteiger partial charge in [0.05, 0.1) is 11.7 Å². The standard InChI is InChI=1S/C29H52O2/c1-7-29(31)17-16-27(5)21(18-29)9-10-22-24-12-11-23(28(24,6)15-14-25(22)27)20(4)26(30)13-8-19(2)3/h19-26,30-31H,7-18H2,1-6H3/t20?,21-,22-,23+,24-,25-,26?,27-,28+,29-/m0/s1. The van der Waals surface area contributed by atoms with Gasteiger partial charge in [0.1, 0.15) is 0 Å². The molecule has 0 amide bonds. The highest BCUT2D eigenvalue weighted by Crippen LogP contribution is 2.69. The average molecular weight is 433 g/mol. The van der Waals surface area contributed by atoms with E-state index in [-0.39, 0.29) is 11.7 Å². The van der Waals surface area contributed by atoms with E-state index in [1.54, 1.807) is 0 Å². The predicted octanol–water partition coefficient (Wildman–Crippen LogP) is 7.22. The second-order valence-electron chi connectivity index (χ2n) is 13.6. The summed E-state index contributed by atoms with van der Waals surface area (Å²) in [5.74, 6) is 5.16. The van der Waals surface area contributed by atoms with Crippen LogP contribution in [0.2, 0.25) is 0 Å². The molecule has 180 valence electrons. The topological polar surface area (TPSA) is 40.5 Å². The quantitative estimate of drug-likeness (QED) is 0.465. The van der Waals surface area contributed by atoms with E-state index in [0.717, 1.165) is 55.8 Å². The van der Waals surface area contributed by atoms with Crippen LogP contribution in [0.1, 0.15) is 119 Å². The van der Waals surface area contributed by atoms with Crippen LogP contribution in [-0.4, -0.2) is 21.9 Å². The van der Waals surface area contributed by atoms with Gasteiger partial charge in [-0.15, -0.1) is 0 Å². The Balaban J connectivity index is 1.48. The Bertz CT molecular complexity index is 630. The molecule has 2 N–H and O–H groups in total. The summed E-state index contributed by atoms with van der Waals surface area (Å²) in [6.45, 7) is 14.3. The van der Waals surface area contributed by atoms with Gasteiger partial charge in [-0.1, -0.05) is 41.5 Å². The van der Waals surface area contributed by atoms with Crippen LogP contribution in [0.4, 0.5) is 0 Å². The zero-order valence-electron chi connectivity index (χ0n) is 21.5. The Morgan fingerprint density at radius 1 is 0.839 bits per heavy atom. The summed E-state index contributed by atoms with van der Waals surface area (Å²) < 4.78 is 0. The summed E-state index contributed by atoms with van der Waals surface area (Å²) in [5, 5.41) is 22.0. The van der Waals surface area contributed by atoms with E-state index in [9.17, 15) is 10.2 Å². The predicted molar refractivity (Wildman–Crippen MR) is 130 cm³/mol. The number of hydrogen-bond donors (Lipinski definition) is 2. The average Bonchev–Trinajstić information content (AvgIpc) is 3.09. The van der Waals surface area contributed by atoms with Crippen LogP contribution in [0.3, 0.4) is 0 Å². The fraction of sp³-hybridized carbons (Fsp3) is 1.00. The van der Waals surface area contributed by atoms with Gasteiger partial charge in [0.2, 0.25) is 0 Å². The van der Waals surface area contributed by atoms with Gasteiger partial charge in [0.25, 0.3) is 0 Å². The minimum absolute atomic E-state index is 0.126. The van der Waals surface area contributed by atoms with Crippen LogP contribution in [0.15, 0.2) is 0 Å². The van der Waals surface area contributed by atoms with Crippen molar-refractivity contribution in [3.05, 3.63) is 0 Å². The Hall–Kier alpha value is -0.0800. The van der Waals surface area contributed by atoms with Gasteiger partial charge in [-0.3, -0.25) is 0 Å². The van der Waals surface area contributed by atoms with E-state index in [1.165, 1.54) is 44.9 Å². The van der Waals surface area contributed by atoms with Gasteiger partial charge in [0.15, 0.2) is 0 Å². The minimum Gasteiger partial charge on any atom is -0.393 e. The van der Waals surface area contributed by atoms with E-state index in [2.05, 4.69) is 41.5 Å². The number of fused-ring (bicyclic) bond motifs is 5. The molecule has 0 radical (unpaired) electrons. The van der Waals surface area contributed by atoms with Crippen molar-refractivity contribution in [3.63, 3.8) is 0 Å². The van der Waals surface area contributed by atoms with Gasteiger partial charge in [-0.25, -0.2) is 0 Å². The molecule has 0 bridgehead atoms. The van der Waals surface area contributed by atoms with Crippen molar-refractivity contribution in [2.24, 2.45) is 52.3 Å². The number of hydrogen-bond acceptors (Lipinski definition) is 2. The van der Waals surface area contributed by atoms with Crippen LogP contribution in [0, 0.1) is 52.3 Å². The molecule has 4 aliphatic carbocycles. The van der Waals surface area contributed by atoms with Crippen molar-refractivity contribution in [1.82, 2.24) is 0 Å². The lowest BCUT2D eigenvalue weighted by Crippen LogP contribution is -2.56.